The van der Waals surface area contributed by atoms with Crippen molar-refractivity contribution in [3.8, 4) is 0 Å². The summed E-state index contributed by atoms with van der Waals surface area (Å²) in [4.78, 5) is 11.5. The van der Waals surface area contributed by atoms with Crippen LogP contribution in [0.25, 0.3) is 0 Å². The maximum atomic E-state index is 13.7. The maximum absolute atomic E-state index is 13.7. The molecule has 3 fully saturated rings. The topological polar surface area (TPSA) is 22.6 Å². The number of halogens is 1. The first-order valence-corrected chi connectivity index (χ1v) is 8.00. The second-order valence-corrected chi connectivity index (χ2v) is 6.90. The zero-order chi connectivity index (χ0) is 14.6. The molecule has 3 aliphatic heterocycles. The van der Waals surface area contributed by atoms with Crippen molar-refractivity contribution in [1.82, 2.24) is 14.8 Å². The van der Waals surface area contributed by atoms with Gasteiger partial charge in [0.25, 0.3) is 0 Å². The van der Waals surface area contributed by atoms with Crippen LogP contribution in [0.15, 0.2) is 18.3 Å². The van der Waals surface area contributed by atoms with Gasteiger partial charge in [-0.2, -0.15) is 0 Å². The molecule has 3 aliphatic rings. The van der Waals surface area contributed by atoms with Crippen molar-refractivity contribution in [2.75, 3.05) is 31.1 Å². The fourth-order valence-corrected chi connectivity index (χ4v) is 4.26. The number of piperazine rings is 1. The molecule has 1 aromatic heterocycles. The van der Waals surface area contributed by atoms with E-state index in [0.29, 0.717) is 23.9 Å². The summed E-state index contributed by atoms with van der Waals surface area (Å²) in [6.07, 6.45) is 2.98. The zero-order valence-electron chi connectivity index (χ0n) is 12.7. The Morgan fingerprint density at radius 2 is 1.95 bits per heavy atom. The van der Waals surface area contributed by atoms with Crippen molar-refractivity contribution in [2.24, 2.45) is 0 Å². The number of aromatic nitrogens is 1. The third-order valence-electron chi connectivity index (χ3n) is 5.36. The van der Waals surface area contributed by atoms with Crippen LogP contribution in [0.5, 0.6) is 0 Å². The van der Waals surface area contributed by atoms with Crippen LogP contribution in [0.2, 0.25) is 0 Å². The average molecular weight is 290 g/mol. The normalized spacial score (nSPS) is 30.4. The van der Waals surface area contributed by atoms with E-state index in [-0.39, 0.29) is 5.82 Å². The van der Waals surface area contributed by atoms with E-state index in [9.17, 15) is 4.39 Å². The first kappa shape index (κ1) is 13.5. The summed E-state index contributed by atoms with van der Waals surface area (Å²) < 4.78 is 13.7. The highest BCUT2D eigenvalue weighted by molar-refractivity contribution is 5.43. The zero-order valence-corrected chi connectivity index (χ0v) is 12.7. The van der Waals surface area contributed by atoms with E-state index in [4.69, 9.17) is 0 Å². The lowest BCUT2D eigenvalue weighted by molar-refractivity contribution is 0.0638. The Bertz CT molecular complexity index is 529. The lowest BCUT2D eigenvalue weighted by Gasteiger charge is -2.49. The van der Waals surface area contributed by atoms with E-state index in [2.05, 4.69) is 33.5 Å². The summed E-state index contributed by atoms with van der Waals surface area (Å²) >= 11 is 0. The molecule has 0 spiro atoms. The Morgan fingerprint density at radius 1 is 1.14 bits per heavy atom. The predicted octanol–water partition coefficient (Wildman–Crippen LogP) is 1.58. The lowest BCUT2D eigenvalue weighted by Crippen LogP contribution is -2.64. The van der Waals surface area contributed by atoms with Crippen molar-refractivity contribution in [3.63, 3.8) is 0 Å². The number of hydrogen-bond acceptors (Lipinski definition) is 4. The van der Waals surface area contributed by atoms with Gasteiger partial charge in [-0.25, -0.2) is 9.37 Å². The van der Waals surface area contributed by atoms with Gasteiger partial charge < -0.3 is 4.90 Å². The summed E-state index contributed by atoms with van der Waals surface area (Å²) in [5, 5.41) is 0. The molecule has 5 heteroatoms. The number of anilines is 1. The van der Waals surface area contributed by atoms with Crippen molar-refractivity contribution in [2.45, 2.75) is 44.4 Å². The molecule has 4 heterocycles. The molecule has 114 valence electrons. The van der Waals surface area contributed by atoms with E-state index < -0.39 is 0 Å². The molecule has 0 amide bonds. The average Bonchev–Trinajstić information content (AvgIpc) is 2.99. The molecular formula is C16H23FN4. The first-order chi connectivity index (χ1) is 10.1. The molecular weight excluding hydrogens is 267 g/mol. The van der Waals surface area contributed by atoms with E-state index in [0.717, 1.165) is 19.1 Å². The number of nitrogens with zero attached hydrogens (tertiary/aromatic N) is 4. The monoisotopic (exact) mass is 290 g/mol. The van der Waals surface area contributed by atoms with Crippen molar-refractivity contribution >= 4 is 5.82 Å². The van der Waals surface area contributed by atoms with E-state index >= 15 is 0 Å². The number of fused-ring (bicyclic) bond motifs is 2. The molecule has 2 bridgehead atoms. The smallest absolute Gasteiger partial charge is 0.165 e. The van der Waals surface area contributed by atoms with Crippen LogP contribution in [0.1, 0.15) is 20.3 Å². The molecule has 0 saturated carbocycles. The van der Waals surface area contributed by atoms with Crippen LogP contribution >= 0.6 is 0 Å². The molecule has 0 N–H and O–H groups in total. The van der Waals surface area contributed by atoms with Gasteiger partial charge in [0.05, 0.1) is 0 Å². The second-order valence-electron chi connectivity index (χ2n) is 6.90. The van der Waals surface area contributed by atoms with E-state index in [1.807, 2.05) is 0 Å². The van der Waals surface area contributed by atoms with Gasteiger partial charge in [-0.05, 0) is 32.4 Å². The van der Waals surface area contributed by atoms with E-state index in [1.165, 1.54) is 25.6 Å². The minimum absolute atomic E-state index is 0.204. The summed E-state index contributed by atoms with van der Waals surface area (Å²) in [6.45, 7) is 8.81. The molecule has 0 aromatic carbocycles. The highest BCUT2D eigenvalue weighted by Crippen LogP contribution is 2.36. The van der Waals surface area contributed by atoms with Gasteiger partial charge >= 0.3 is 0 Å². The number of rotatable bonds is 3. The van der Waals surface area contributed by atoms with Crippen molar-refractivity contribution in [3.05, 3.63) is 24.1 Å². The summed E-state index contributed by atoms with van der Waals surface area (Å²) in [5.41, 5.74) is 0. The fourth-order valence-electron chi connectivity index (χ4n) is 4.26. The SMILES string of the molecule is CC(C)N1C[C@@H]2C[C@H]1CN2C1CN(c2ncccc2F)C1. The standard InChI is InChI=1S/C16H23FN4/c1-11(2)20-9-13-6-12(20)10-21(13)14-7-19(8-14)16-15(17)4-3-5-18-16/h3-5,11-14H,6-10H2,1-2H3/t12-,13-/m0/s1. The van der Waals surface area contributed by atoms with Gasteiger partial charge in [0.1, 0.15) is 0 Å². The molecule has 4 rings (SSSR count). The van der Waals surface area contributed by atoms with E-state index in [1.54, 1.807) is 12.3 Å². The van der Waals surface area contributed by atoms with Gasteiger partial charge in [-0.1, -0.05) is 0 Å². The quantitative estimate of drug-likeness (QED) is 0.843. The minimum atomic E-state index is -0.204. The Morgan fingerprint density at radius 3 is 2.57 bits per heavy atom. The van der Waals surface area contributed by atoms with Crippen LogP contribution in [0.3, 0.4) is 0 Å². The number of pyridine rings is 1. The maximum Gasteiger partial charge on any atom is 0.165 e. The van der Waals surface area contributed by atoms with Crippen molar-refractivity contribution in [1.29, 1.82) is 0 Å². The van der Waals surface area contributed by atoms with Crippen LogP contribution in [0.4, 0.5) is 10.2 Å². The van der Waals surface area contributed by atoms with Crippen LogP contribution in [-0.4, -0.2) is 65.1 Å². The van der Waals surface area contributed by atoms with Gasteiger partial charge in [0.2, 0.25) is 0 Å². The first-order valence-electron chi connectivity index (χ1n) is 8.00. The molecule has 0 radical (unpaired) electrons. The largest absolute Gasteiger partial charge is 0.351 e. The Labute approximate surface area is 125 Å². The number of likely N-dealkylation sites (tertiary alicyclic amines) is 2. The summed E-state index contributed by atoms with van der Waals surface area (Å²) in [5.74, 6) is 0.312. The lowest BCUT2D eigenvalue weighted by atomic mass is 10.1. The Hall–Kier alpha value is -1.20. The highest BCUT2D eigenvalue weighted by Gasteiger charge is 2.48. The minimum Gasteiger partial charge on any atom is -0.351 e. The summed E-state index contributed by atoms with van der Waals surface area (Å²) in [6, 6.07) is 5.82. The van der Waals surface area contributed by atoms with Gasteiger partial charge in [-0.3, -0.25) is 9.80 Å². The molecule has 21 heavy (non-hydrogen) atoms. The van der Waals surface area contributed by atoms with Crippen LogP contribution in [-0.2, 0) is 0 Å². The molecule has 3 saturated heterocycles. The second kappa shape index (κ2) is 4.92. The third-order valence-corrected chi connectivity index (χ3v) is 5.36. The molecule has 0 aliphatic carbocycles. The van der Waals surface area contributed by atoms with Gasteiger partial charge in [0.15, 0.2) is 11.6 Å². The molecule has 4 nitrogen and oxygen atoms in total. The Kier molecular flexibility index (Phi) is 3.15. The van der Waals surface area contributed by atoms with Gasteiger partial charge in [0, 0.05) is 56.5 Å². The van der Waals surface area contributed by atoms with Crippen molar-refractivity contribution < 1.29 is 4.39 Å². The highest BCUT2D eigenvalue weighted by atomic mass is 19.1. The number of hydrogen-bond donors (Lipinski definition) is 0. The Balaban J connectivity index is 1.37. The molecule has 0 unspecified atom stereocenters. The predicted molar refractivity (Wildman–Crippen MR) is 80.9 cm³/mol. The third kappa shape index (κ3) is 2.14. The van der Waals surface area contributed by atoms with Crippen LogP contribution in [0, 0.1) is 5.82 Å². The summed E-state index contributed by atoms with van der Waals surface area (Å²) in [7, 11) is 0. The molecule has 2 atom stereocenters. The molecule has 1 aromatic rings. The fraction of sp³-hybridized carbons (Fsp3) is 0.688. The van der Waals surface area contributed by atoms with Crippen LogP contribution < -0.4 is 4.90 Å². The van der Waals surface area contributed by atoms with Gasteiger partial charge in [-0.15, -0.1) is 0 Å².